The van der Waals surface area contributed by atoms with E-state index < -0.39 is 11.9 Å². The minimum Gasteiger partial charge on any atom is -0.481 e. The molecule has 1 amide bonds. The standard InChI is InChI=1S/C16H19NO4/c1-10-9-21-14(11-5-3-2-4-6-11)8-17(10)15(18)12-7-13(12)16(19)20/h2-6,10,12-14H,7-9H2,1H3,(H,19,20)/t10-,12-,13+,14+/m1/s1. The van der Waals surface area contributed by atoms with Crippen LogP contribution in [0.3, 0.4) is 0 Å². The van der Waals surface area contributed by atoms with Gasteiger partial charge < -0.3 is 14.7 Å². The van der Waals surface area contributed by atoms with Gasteiger partial charge in [-0.15, -0.1) is 0 Å². The highest BCUT2D eigenvalue weighted by molar-refractivity contribution is 5.89. The zero-order valence-corrected chi connectivity index (χ0v) is 11.9. The molecule has 0 bridgehead atoms. The molecule has 2 fully saturated rings. The molecule has 5 nitrogen and oxygen atoms in total. The molecular formula is C16H19NO4. The Hall–Kier alpha value is -1.88. The first-order valence-electron chi connectivity index (χ1n) is 7.27. The number of benzene rings is 1. The lowest BCUT2D eigenvalue weighted by Gasteiger charge is -2.38. The van der Waals surface area contributed by atoms with E-state index in [0.717, 1.165) is 5.56 Å². The highest BCUT2D eigenvalue weighted by Gasteiger charge is 2.51. The molecule has 0 unspecified atom stereocenters. The van der Waals surface area contributed by atoms with Crippen LogP contribution in [0, 0.1) is 11.8 Å². The van der Waals surface area contributed by atoms with Gasteiger partial charge in [-0.25, -0.2) is 0 Å². The van der Waals surface area contributed by atoms with Crippen molar-refractivity contribution in [3.8, 4) is 0 Å². The first-order valence-corrected chi connectivity index (χ1v) is 7.27. The van der Waals surface area contributed by atoms with Gasteiger partial charge in [0.1, 0.15) is 6.10 Å². The maximum Gasteiger partial charge on any atom is 0.307 e. The van der Waals surface area contributed by atoms with Crippen LogP contribution in [0.2, 0.25) is 0 Å². The van der Waals surface area contributed by atoms with Crippen molar-refractivity contribution in [3.05, 3.63) is 35.9 Å². The molecule has 1 N–H and O–H groups in total. The van der Waals surface area contributed by atoms with Crippen LogP contribution >= 0.6 is 0 Å². The SMILES string of the molecule is C[C@@H]1CO[C@H](c2ccccc2)CN1C(=O)[C@@H]1C[C@@H]1C(=O)O. The average Bonchev–Trinajstić information content (AvgIpc) is 3.29. The molecule has 1 aromatic rings. The molecule has 1 aromatic carbocycles. The van der Waals surface area contributed by atoms with Crippen molar-refractivity contribution >= 4 is 11.9 Å². The van der Waals surface area contributed by atoms with Gasteiger partial charge >= 0.3 is 5.97 Å². The number of aliphatic carboxylic acids is 1. The third-order valence-electron chi connectivity index (χ3n) is 4.31. The molecule has 3 rings (SSSR count). The quantitative estimate of drug-likeness (QED) is 0.919. The number of carboxylic acid groups (broad SMARTS) is 1. The number of carboxylic acids is 1. The van der Waals surface area contributed by atoms with E-state index in [1.54, 1.807) is 4.90 Å². The lowest BCUT2D eigenvalue weighted by molar-refractivity contribution is -0.149. The molecule has 4 atom stereocenters. The Kier molecular flexibility index (Phi) is 3.68. The van der Waals surface area contributed by atoms with Gasteiger partial charge in [0.15, 0.2) is 0 Å². The van der Waals surface area contributed by atoms with Gasteiger partial charge in [-0.2, -0.15) is 0 Å². The number of hydrogen-bond acceptors (Lipinski definition) is 3. The van der Waals surface area contributed by atoms with Crippen LogP contribution < -0.4 is 0 Å². The van der Waals surface area contributed by atoms with Crippen LogP contribution in [0.25, 0.3) is 0 Å². The number of rotatable bonds is 3. The van der Waals surface area contributed by atoms with Crippen molar-refractivity contribution in [1.29, 1.82) is 0 Å². The Morgan fingerprint density at radius 1 is 1.24 bits per heavy atom. The zero-order chi connectivity index (χ0) is 15.0. The Balaban J connectivity index is 1.70. The third kappa shape index (κ3) is 2.78. The van der Waals surface area contributed by atoms with Crippen molar-refractivity contribution in [2.24, 2.45) is 11.8 Å². The smallest absolute Gasteiger partial charge is 0.307 e. The molecule has 21 heavy (non-hydrogen) atoms. The van der Waals surface area contributed by atoms with Crippen molar-refractivity contribution < 1.29 is 19.4 Å². The van der Waals surface area contributed by atoms with Gasteiger partial charge in [0.05, 0.1) is 31.0 Å². The van der Waals surface area contributed by atoms with Gasteiger partial charge in [-0.05, 0) is 18.9 Å². The molecule has 0 spiro atoms. The van der Waals surface area contributed by atoms with E-state index in [1.807, 2.05) is 37.3 Å². The van der Waals surface area contributed by atoms with E-state index >= 15 is 0 Å². The maximum absolute atomic E-state index is 12.5. The molecule has 1 saturated heterocycles. The lowest BCUT2D eigenvalue weighted by Crippen LogP contribution is -2.49. The number of hydrogen-bond donors (Lipinski definition) is 1. The second kappa shape index (κ2) is 5.48. The number of carbonyl (C=O) groups is 2. The van der Waals surface area contributed by atoms with E-state index in [2.05, 4.69) is 0 Å². The third-order valence-corrected chi connectivity index (χ3v) is 4.31. The molecule has 1 heterocycles. The van der Waals surface area contributed by atoms with E-state index in [9.17, 15) is 9.59 Å². The molecule has 1 aliphatic carbocycles. The summed E-state index contributed by atoms with van der Waals surface area (Å²) in [6, 6.07) is 9.81. The van der Waals surface area contributed by atoms with Crippen molar-refractivity contribution in [2.45, 2.75) is 25.5 Å². The van der Waals surface area contributed by atoms with Crippen LogP contribution in [-0.2, 0) is 14.3 Å². The summed E-state index contributed by atoms with van der Waals surface area (Å²) in [6.45, 7) is 2.92. The van der Waals surface area contributed by atoms with Crippen LogP contribution in [-0.4, -0.2) is 41.1 Å². The second-order valence-electron chi connectivity index (χ2n) is 5.86. The zero-order valence-electron chi connectivity index (χ0n) is 11.9. The fraction of sp³-hybridized carbons (Fsp3) is 0.500. The number of ether oxygens (including phenoxy) is 1. The molecule has 1 saturated carbocycles. The van der Waals surface area contributed by atoms with Crippen LogP contribution in [0.5, 0.6) is 0 Å². The first-order chi connectivity index (χ1) is 10.1. The normalized spacial score (nSPS) is 31.8. The average molecular weight is 289 g/mol. The Morgan fingerprint density at radius 2 is 1.95 bits per heavy atom. The Bertz CT molecular complexity index is 544. The van der Waals surface area contributed by atoms with Crippen LogP contribution in [0.1, 0.15) is 25.0 Å². The molecular weight excluding hydrogens is 270 g/mol. The first kappa shape index (κ1) is 14.1. The molecule has 2 aliphatic rings. The maximum atomic E-state index is 12.5. The number of nitrogens with zero attached hydrogens (tertiary/aromatic N) is 1. The number of morpholine rings is 1. The van der Waals surface area contributed by atoms with Gasteiger partial charge in [-0.1, -0.05) is 30.3 Å². The molecule has 112 valence electrons. The van der Waals surface area contributed by atoms with E-state index in [-0.39, 0.29) is 24.0 Å². The largest absolute Gasteiger partial charge is 0.481 e. The van der Waals surface area contributed by atoms with Crippen LogP contribution in [0.15, 0.2) is 30.3 Å². The summed E-state index contributed by atoms with van der Waals surface area (Å²) >= 11 is 0. The Morgan fingerprint density at radius 3 is 2.57 bits per heavy atom. The predicted molar refractivity (Wildman–Crippen MR) is 75.5 cm³/mol. The van der Waals surface area contributed by atoms with Gasteiger partial charge in [0.2, 0.25) is 5.91 Å². The van der Waals surface area contributed by atoms with Crippen molar-refractivity contribution in [1.82, 2.24) is 4.90 Å². The summed E-state index contributed by atoms with van der Waals surface area (Å²) in [7, 11) is 0. The molecule has 5 heteroatoms. The predicted octanol–water partition coefficient (Wildman–Crippen LogP) is 1.70. The van der Waals surface area contributed by atoms with Gasteiger partial charge in [0, 0.05) is 0 Å². The molecule has 0 aromatic heterocycles. The minimum absolute atomic E-state index is 0.00694. The second-order valence-corrected chi connectivity index (χ2v) is 5.86. The summed E-state index contributed by atoms with van der Waals surface area (Å²) in [6.07, 6.45) is 0.335. The van der Waals surface area contributed by atoms with Crippen molar-refractivity contribution in [3.63, 3.8) is 0 Å². The fourth-order valence-corrected chi connectivity index (χ4v) is 2.89. The van der Waals surface area contributed by atoms with E-state index in [4.69, 9.17) is 9.84 Å². The Labute approximate surface area is 123 Å². The van der Waals surface area contributed by atoms with Gasteiger partial charge in [0.25, 0.3) is 0 Å². The summed E-state index contributed by atoms with van der Waals surface area (Å²) in [5, 5.41) is 8.97. The fourth-order valence-electron chi connectivity index (χ4n) is 2.89. The topological polar surface area (TPSA) is 66.8 Å². The number of carbonyl (C=O) groups excluding carboxylic acids is 1. The highest BCUT2D eigenvalue weighted by Crippen LogP contribution is 2.41. The monoisotopic (exact) mass is 289 g/mol. The molecule has 0 radical (unpaired) electrons. The van der Waals surface area contributed by atoms with Crippen LogP contribution in [0.4, 0.5) is 0 Å². The lowest BCUT2D eigenvalue weighted by atomic mass is 10.1. The number of amides is 1. The summed E-state index contributed by atoms with van der Waals surface area (Å²) < 4.78 is 5.82. The summed E-state index contributed by atoms with van der Waals surface area (Å²) in [5.74, 6) is -1.75. The highest BCUT2D eigenvalue weighted by atomic mass is 16.5. The summed E-state index contributed by atoms with van der Waals surface area (Å²) in [5.41, 5.74) is 1.05. The van der Waals surface area contributed by atoms with Gasteiger partial charge in [-0.3, -0.25) is 9.59 Å². The molecule has 1 aliphatic heterocycles. The minimum atomic E-state index is -0.867. The van der Waals surface area contributed by atoms with E-state index in [0.29, 0.717) is 19.6 Å². The summed E-state index contributed by atoms with van der Waals surface area (Å²) in [4.78, 5) is 25.2. The van der Waals surface area contributed by atoms with Crippen molar-refractivity contribution in [2.75, 3.05) is 13.2 Å². The van der Waals surface area contributed by atoms with E-state index in [1.165, 1.54) is 0 Å².